The molecule has 19 heavy (non-hydrogen) atoms. The molecule has 0 aliphatic rings. The van der Waals surface area contributed by atoms with Crippen molar-refractivity contribution in [2.75, 3.05) is 11.9 Å². The number of amides is 3. The lowest BCUT2D eigenvalue weighted by Gasteiger charge is -2.06. The Hall–Kier alpha value is -2.37. The van der Waals surface area contributed by atoms with Crippen molar-refractivity contribution in [1.29, 1.82) is 0 Å². The molecular weight excluding hydrogens is 246 g/mol. The van der Waals surface area contributed by atoms with Crippen LogP contribution in [0.15, 0.2) is 30.3 Å². The molecule has 102 valence electrons. The van der Waals surface area contributed by atoms with Crippen molar-refractivity contribution < 1.29 is 14.4 Å². The van der Waals surface area contributed by atoms with Crippen LogP contribution in [0.25, 0.3) is 0 Å². The van der Waals surface area contributed by atoms with Crippen LogP contribution in [0.5, 0.6) is 0 Å². The summed E-state index contributed by atoms with van der Waals surface area (Å²) >= 11 is 0. The molecule has 0 unspecified atom stereocenters. The molecule has 0 saturated carbocycles. The first-order valence-corrected chi connectivity index (χ1v) is 5.98. The van der Waals surface area contributed by atoms with Crippen molar-refractivity contribution in [2.24, 2.45) is 5.73 Å². The third kappa shape index (κ3) is 6.82. The predicted molar refractivity (Wildman–Crippen MR) is 71.1 cm³/mol. The highest BCUT2D eigenvalue weighted by Crippen LogP contribution is 2.04. The molecular formula is C13H17N3O3. The van der Waals surface area contributed by atoms with Gasteiger partial charge in [-0.05, 0) is 18.6 Å². The van der Waals surface area contributed by atoms with E-state index in [9.17, 15) is 14.4 Å². The Morgan fingerprint density at radius 3 is 2.32 bits per heavy atom. The number of nitrogens with two attached hydrogens (primary N) is 1. The van der Waals surface area contributed by atoms with Crippen molar-refractivity contribution in [3.8, 4) is 0 Å². The van der Waals surface area contributed by atoms with Gasteiger partial charge in [-0.3, -0.25) is 14.4 Å². The summed E-state index contributed by atoms with van der Waals surface area (Å²) in [7, 11) is 0. The van der Waals surface area contributed by atoms with E-state index in [1.54, 1.807) is 24.3 Å². The van der Waals surface area contributed by atoms with Gasteiger partial charge in [-0.25, -0.2) is 0 Å². The minimum Gasteiger partial charge on any atom is -0.370 e. The Morgan fingerprint density at radius 2 is 1.68 bits per heavy atom. The third-order valence-electron chi connectivity index (χ3n) is 2.33. The largest absolute Gasteiger partial charge is 0.370 e. The molecule has 1 aromatic rings. The van der Waals surface area contributed by atoms with Crippen LogP contribution in [-0.4, -0.2) is 24.3 Å². The zero-order valence-corrected chi connectivity index (χ0v) is 10.5. The number of nitrogens with one attached hydrogen (secondary N) is 2. The number of benzene rings is 1. The lowest BCUT2D eigenvalue weighted by molar-refractivity contribution is -0.124. The second-order valence-electron chi connectivity index (χ2n) is 4.01. The number of hydrogen-bond donors (Lipinski definition) is 3. The Bertz CT molecular complexity index is 446. The zero-order chi connectivity index (χ0) is 14.1. The Morgan fingerprint density at radius 1 is 1.00 bits per heavy atom. The lowest BCUT2D eigenvalue weighted by Crippen LogP contribution is -2.32. The third-order valence-corrected chi connectivity index (χ3v) is 2.33. The van der Waals surface area contributed by atoms with Crippen LogP contribution >= 0.6 is 0 Å². The number of primary amides is 1. The SMILES string of the molecule is NC(=O)CCCC(=O)NCC(=O)Nc1ccccc1. The van der Waals surface area contributed by atoms with Gasteiger partial charge in [0.15, 0.2) is 0 Å². The van der Waals surface area contributed by atoms with E-state index in [2.05, 4.69) is 10.6 Å². The molecule has 0 bridgehead atoms. The summed E-state index contributed by atoms with van der Waals surface area (Å²) in [6.07, 6.45) is 0.743. The molecule has 0 saturated heterocycles. The molecule has 0 aliphatic heterocycles. The molecule has 6 heteroatoms. The van der Waals surface area contributed by atoms with Gasteiger partial charge in [-0.1, -0.05) is 18.2 Å². The van der Waals surface area contributed by atoms with Gasteiger partial charge in [-0.2, -0.15) is 0 Å². The molecule has 6 nitrogen and oxygen atoms in total. The summed E-state index contributed by atoms with van der Waals surface area (Å²) in [6, 6.07) is 8.96. The smallest absolute Gasteiger partial charge is 0.243 e. The van der Waals surface area contributed by atoms with Crippen LogP contribution in [0, 0.1) is 0 Å². The standard InChI is InChI=1S/C13H17N3O3/c14-11(17)7-4-8-12(18)15-9-13(19)16-10-5-2-1-3-6-10/h1-3,5-6H,4,7-9H2,(H2,14,17)(H,15,18)(H,16,19). The van der Waals surface area contributed by atoms with Crippen molar-refractivity contribution in [3.63, 3.8) is 0 Å². The van der Waals surface area contributed by atoms with Crippen LogP contribution in [-0.2, 0) is 14.4 Å². The average molecular weight is 263 g/mol. The number of carbonyl (C=O) groups excluding carboxylic acids is 3. The number of para-hydroxylation sites is 1. The highest BCUT2D eigenvalue weighted by Gasteiger charge is 2.06. The first-order chi connectivity index (χ1) is 9.08. The van der Waals surface area contributed by atoms with E-state index >= 15 is 0 Å². The number of carbonyl (C=O) groups is 3. The molecule has 4 N–H and O–H groups in total. The van der Waals surface area contributed by atoms with Gasteiger partial charge in [0.1, 0.15) is 0 Å². The molecule has 0 atom stereocenters. The summed E-state index contributed by atoms with van der Waals surface area (Å²) in [4.78, 5) is 33.3. The van der Waals surface area contributed by atoms with Crippen LogP contribution < -0.4 is 16.4 Å². The molecule has 1 aromatic carbocycles. The van der Waals surface area contributed by atoms with Crippen LogP contribution in [0.1, 0.15) is 19.3 Å². The Kier molecular flexibility index (Phi) is 6.08. The van der Waals surface area contributed by atoms with E-state index in [1.165, 1.54) is 0 Å². The van der Waals surface area contributed by atoms with Crippen LogP contribution in [0.3, 0.4) is 0 Å². The highest BCUT2D eigenvalue weighted by atomic mass is 16.2. The Labute approximate surface area is 111 Å². The number of anilines is 1. The summed E-state index contributed by atoms with van der Waals surface area (Å²) in [5.41, 5.74) is 5.63. The molecule has 0 spiro atoms. The van der Waals surface area contributed by atoms with Gasteiger partial charge >= 0.3 is 0 Å². The fraction of sp³-hybridized carbons (Fsp3) is 0.308. The van der Waals surface area contributed by atoms with E-state index in [4.69, 9.17) is 5.73 Å². The molecule has 0 heterocycles. The van der Waals surface area contributed by atoms with Gasteiger partial charge < -0.3 is 16.4 Å². The second kappa shape index (κ2) is 7.86. The zero-order valence-electron chi connectivity index (χ0n) is 10.5. The molecule has 0 fully saturated rings. The molecule has 3 amide bonds. The maximum absolute atomic E-state index is 11.5. The molecule has 0 aromatic heterocycles. The van der Waals surface area contributed by atoms with Gasteiger partial charge in [0.25, 0.3) is 0 Å². The maximum Gasteiger partial charge on any atom is 0.243 e. The van der Waals surface area contributed by atoms with E-state index in [0.29, 0.717) is 12.1 Å². The van der Waals surface area contributed by atoms with Crippen LogP contribution in [0.4, 0.5) is 5.69 Å². The summed E-state index contributed by atoms with van der Waals surface area (Å²) in [5.74, 6) is -1.01. The van der Waals surface area contributed by atoms with Gasteiger partial charge in [0.2, 0.25) is 17.7 Å². The summed E-state index contributed by atoms with van der Waals surface area (Å²) in [6.45, 7) is -0.0930. The van der Waals surface area contributed by atoms with Gasteiger partial charge in [-0.15, -0.1) is 0 Å². The van der Waals surface area contributed by atoms with E-state index < -0.39 is 5.91 Å². The maximum atomic E-state index is 11.5. The topological polar surface area (TPSA) is 101 Å². The van der Waals surface area contributed by atoms with Crippen LogP contribution in [0.2, 0.25) is 0 Å². The number of hydrogen-bond acceptors (Lipinski definition) is 3. The van der Waals surface area contributed by atoms with Crippen molar-refractivity contribution in [2.45, 2.75) is 19.3 Å². The highest BCUT2D eigenvalue weighted by molar-refractivity contribution is 5.94. The number of rotatable bonds is 7. The minimum absolute atomic E-state index is 0.0930. The molecule has 0 aliphatic carbocycles. The Balaban J connectivity index is 2.19. The predicted octanol–water partition coefficient (Wildman–Crippen LogP) is 0.397. The van der Waals surface area contributed by atoms with E-state index in [0.717, 1.165) is 0 Å². The monoisotopic (exact) mass is 263 g/mol. The normalized spacial score (nSPS) is 9.68. The average Bonchev–Trinajstić information content (AvgIpc) is 2.37. The van der Waals surface area contributed by atoms with Crippen molar-refractivity contribution >= 4 is 23.4 Å². The van der Waals surface area contributed by atoms with Crippen molar-refractivity contribution in [1.82, 2.24) is 5.32 Å². The first kappa shape index (κ1) is 14.7. The van der Waals surface area contributed by atoms with Gasteiger partial charge in [0.05, 0.1) is 6.54 Å². The summed E-state index contributed by atoms with van der Waals surface area (Å²) < 4.78 is 0. The minimum atomic E-state index is -0.436. The van der Waals surface area contributed by atoms with E-state index in [1.807, 2.05) is 6.07 Å². The lowest BCUT2D eigenvalue weighted by atomic mass is 10.2. The molecule has 1 rings (SSSR count). The van der Waals surface area contributed by atoms with Gasteiger partial charge in [0, 0.05) is 18.5 Å². The fourth-order valence-corrected chi connectivity index (χ4v) is 1.42. The summed E-state index contributed by atoms with van der Waals surface area (Å²) in [5, 5.41) is 5.12. The molecule has 0 radical (unpaired) electrons. The quantitative estimate of drug-likeness (QED) is 0.663. The first-order valence-electron chi connectivity index (χ1n) is 5.98. The van der Waals surface area contributed by atoms with E-state index in [-0.39, 0.29) is 31.2 Å². The second-order valence-corrected chi connectivity index (χ2v) is 4.01. The van der Waals surface area contributed by atoms with Crippen molar-refractivity contribution in [3.05, 3.63) is 30.3 Å². The fourth-order valence-electron chi connectivity index (χ4n) is 1.42.